The Bertz CT molecular complexity index is 295. The van der Waals surface area contributed by atoms with Crippen LogP contribution in [0.5, 0.6) is 5.75 Å². The van der Waals surface area contributed by atoms with Crippen LogP contribution in [0.1, 0.15) is 12.8 Å². The summed E-state index contributed by atoms with van der Waals surface area (Å²) in [6.07, 6.45) is 1.11. The summed E-state index contributed by atoms with van der Waals surface area (Å²) in [4.78, 5) is 11.2. The normalized spacial score (nSPS) is 9.79. The molecule has 4 N–H and O–H groups in total. The number of amides is 1. The van der Waals surface area contributed by atoms with Crippen LogP contribution in [0.3, 0.4) is 0 Å². The fraction of sp³-hybridized carbons (Fsp3) is 0.300. The summed E-state index contributed by atoms with van der Waals surface area (Å²) >= 11 is 0. The number of rotatable bonds is 4. The minimum absolute atomic E-state index is 0.0545. The number of hydrogen-bond acceptors (Lipinski definition) is 3. The minimum atomic E-state index is -0.0545. The van der Waals surface area contributed by atoms with E-state index in [2.05, 4.69) is 5.32 Å². The van der Waals surface area contributed by atoms with E-state index in [0.717, 1.165) is 0 Å². The van der Waals surface area contributed by atoms with Crippen molar-refractivity contribution in [3.63, 3.8) is 0 Å². The molecule has 0 aliphatic heterocycles. The van der Waals surface area contributed by atoms with Crippen LogP contribution >= 0.6 is 0 Å². The quantitative estimate of drug-likeness (QED) is 0.627. The van der Waals surface area contributed by atoms with Gasteiger partial charge in [-0.25, -0.2) is 0 Å². The molecule has 76 valence electrons. The SMILES string of the molecule is NCCCC(=O)Nc1ccc(O)cc1. The van der Waals surface area contributed by atoms with Crippen LogP contribution in [0.2, 0.25) is 0 Å². The van der Waals surface area contributed by atoms with Gasteiger partial charge in [-0.15, -0.1) is 0 Å². The van der Waals surface area contributed by atoms with Gasteiger partial charge in [0.25, 0.3) is 0 Å². The summed E-state index contributed by atoms with van der Waals surface area (Å²) in [5, 5.41) is 11.7. The summed E-state index contributed by atoms with van der Waals surface area (Å²) in [5.74, 6) is 0.131. The molecule has 0 unspecified atom stereocenters. The largest absolute Gasteiger partial charge is 0.508 e. The zero-order valence-corrected chi connectivity index (χ0v) is 7.86. The van der Waals surface area contributed by atoms with Crippen molar-refractivity contribution in [3.8, 4) is 5.75 Å². The molecular formula is C10H14N2O2. The lowest BCUT2D eigenvalue weighted by atomic mass is 10.2. The number of anilines is 1. The standard InChI is InChI=1S/C10H14N2O2/c11-7-1-2-10(14)12-8-3-5-9(13)6-4-8/h3-6,13H,1-2,7,11H2,(H,12,14). The van der Waals surface area contributed by atoms with Gasteiger partial charge in [0.1, 0.15) is 5.75 Å². The third kappa shape index (κ3) is 3.45. The highest BCUT2D eigenvalue weighted by Crippen LogP contribution is 2.13. The van der Waals surface area contributed by atoms with E-state index >= 15 is 0 Å². The molecule has 1 rings (SSSR count). The molecule has 4 nitrogen and oxygen atoms in total. The topological polar surface area (TPSA) is 75.4 Å². The lowest BCUT2D eigenvalue weighted by molar-refractivity contribution is -0.116. The van der Waals surface area contributed by atoms with Crippen LogP contribution in [0.4, 0.5) is 5.69 Å². The number of carbonyl (C=O) groups excluding carboxylic acids is 1. The molecule has 0 fully saturated rings. The Labute approximate surface area is 82.7 Å². The Hall–Kier alpha value is -1.55. The Morgan fingerprint density at radius 1 is 1.36 bits per heavy atom. The second-order valence-electron chi connectivity index (χ2n) is 2.99. The van der Waals surface area contributed by atoms with Crippen molar-refractivity contribution in [2.75, 3.05) is 11.9 Å². The molecule has 0 saturated carbocycles. The summed E-state index contributed by atoms with van der Waals surface area (Å²) in [6, 6.07) is 6.35. The molecule has 4 heteroatoms. The van der Waals surface area contributed by atoms with Gasteiger partial charge in [-0.2, -0.15) is 0 Å². The third-order valence-electron chi connectivity index (χ3n) is 1.76. The fourth-order valence-electron chi connectivity index (χ4n) is 1.03. The molecule has 0 aromatic heterocycles. The van der Waals surface area contributed by atoms with Crippen molar-refractivity contribution in [2.45, 2.75) is 12.8 Å². The van der Waals surface area contributed by atoms with Gasteiger partial charge in [0.05, 0.1) is 0 Å². The van der Waals surface area contributed by atoms with Gasteiger partial charge >= 0.3 is 0 Å². The van der Waals surface area contributed by atoms with E-state index in [-0.39, 0.29) is 11.7 Å². The molecule has 0 radical (unpaired) electrons. The van der Waals surface area contributed by atoms with Crippen LogP contribution in [-0.2, 0) is 4.79 Å². The highest BCUT2D eigenvalue weighted by atomic mass is 16.3. The lowest BCUT2D eigenvalue weighted by Gasteiger charge is -2.04. The van der Waals surface area contributed by atoms with E-state index in [1.807, 2.05) is 0 Å². The monoisotopic (exact) mass is 194 g/mol. The average Bonchev–Trinajstić information content (AvgIpc) is 2.18. The Balaban J connectivity index is 2.44. The molecule has 1 aromatic rings. The first-order valence-corrected chi connectivity index (χ1v) is 4.51. The number of carbonyl (C=O) groups is 1. The summed E-state index contributed by atoms with van der Waals surface area (Å²) in [5.41, 5.74) is 5.96. The van der Waals surface area contributed by atoms with E-state index in [1.54, 1.807) is 12.1 Å². The van der Waals surface area contributed by atoms with Crippen molar-refractivity contribution in [2.24, 2.45) is 5.73 Å². The van der Waals surface area contributed by atoms with Crippen LogP contribution < -0.4 is 11.1 Å². The molecule has 0 heterocycles. The van der Waals surface area contributed by atoms with Gasteiger partial charge in [-0.3, -0.25) is 4.79 Å². The first kappa shape index (κ1) is 10.5. The zero-order chi connectivity index (χ0) is 10.4. The molecule has 0 saturated heterocycles. The number of nitrogens with two attached hydrogens (primary N) is 1. The van der Waals surface area contributed by atoms with Crippen molar-refractivity contribution >= 4 is 11.6 Å². The number of phenolic OH excluding ortho intramolecular Hbond substituents is 1. The van der Waals surface area contributed by atoms with E-state index in [0.29, 0.717) is 25.1 Å². The van der Waals surface area contributed by atoms with Crippen molar-refractivity contribution in [1.29, 1.82) is 0 Å². The summed E-state index contributed by atoms with van der Waals surface area (Å²) in [6.45, 7) is 0.517. The van der Waals surface area contributed by atoms with Gasteiger partial charge in [0.15, 0.2) is 0 Å². The fourth-order valence-corrected chi connectivity index (χ4v) is 1.03. The van der Waals surface area contributed by atoms with E-state index in [9.17, 15) is 4.79 Å². The van der Waals surface area contributed by atoms with Crippen molar-refractivity contribution < 1.29 is 9.90 Å². The number of phenols is 1. The van der Waals surface area contributed by atoms with Gasteiger partial charge in [-0.1, -0.05) is 0 Å². The molecular weight excluding hydrogens is 180 g/mol. The average molecular weight is 194 g/mol. The second-order valence-corrected chi connectivity index (χ2v) is 2.99. The van der Waals surface area contributed by atoms with Crippen molar-refractivity contribution in [3.05, 3.63) is 24.3 Å². The summed E-state index contributed by atoms with van der Waals surface area (Å²) in [7, 11) is 0. The molecule has 0 atom stereocenters. The van der Waals surface area contributed by atoms with Crippen LogP contribution in [0, 0.1) is 0 Å². The van der Waals surface area contributed by atoms with Crippen LogP contribution in [-0.4, -0.2) is 17.6 Å². The molecule has 0 aliphatic carbocycles. The molecule has 0 aliphatic rings. The highest BCUT2D eigenvalue weighted by Gasteiger charge is 2.00. The van der Waals surface area contributed by atoms with E-state index < -0.39 is 0 Å². The van der Waals surface area contributed by atoms with Crippen molar-refractivity contribution in [1.82, 2.24) is 0 Å². The summed E-state index contributed by atoms with van der Waals surface area (Å²) < 4.78 is 0. The molecule has 0 spiro atoms. The molecule has 0 bridgehead atoms. The van der Waals surface area contributed by atoms with Crippen LogP contribution in [0.15, 0.2) is 24.3 Å². The Morgan fingerprint density at radius 2 is 2.00 bits per heavy atom. The number of benzene rings is 1. The van der Waals surface area contributed by atoms with Gasteiger partial charge in [0, 0.05) is 12.1 Å². The zero-order valence-electron chi connectivity index (χ0n) is 7.86. The van der Waals surface area contributed by atoms with Gasteiger partial charge in [-0.05, 0) is 37.2 Å². The number of aromatic hydroxyl groups is 1. The third-order valence-corrected chi connectivity index (χ3v) is 1.76. The second kappa shape index (κ2) is 5.24. The Morgan fingerprint density at radius 3 is 2.57 bits per heavy atom. The van der Waals surface area contributed by atoms with Gasteiger partial charge < -0.3 is 16.2 Å². The number of hydrogen-bond donors (Lipinski definition) is 3. The molecule has 14 heavy (non-hydrogen) atoms. The number of nitrogens with one attached hydrogen (secondary N) is 1. The maximum Gasteiger partial charge on any atom is 0.224 e. The lowest BCUT2D eigenvalue weighted by Crippen LogP contribution is -2.13. The molecule has 1 amide bonds. The molecule has 1 aromatic carbocycles. The minimum Gasteiger partial charge on any atom is -0.508 e. The maximum atomic E-state index is 11.2. The van der Waals surface area contributed by atoms with Gasteiger partial charge in [0.2, 0.25) is 5.91 Å². The van der Waals surface area contributed by atoms with Crippen LogP contribution in [0.25, 0.3) is 0 Å². The van der Waals surface area contributed by atoms with E-state index in [4.69, 9.17) is 10.8 Å². The first-order valence-electron chi connectivity index (χ1n) is 4.51. The predicted molar refractivity (Wildman–Crippen MR) is 55.0 cm³/mol. The Kier molecular flexibility index (Phi) is 3.94. The predicted octanol–water partition coefficient (Wildman–Crippen LogP) is 1.07. The first-order chi connectivity index (χ1) is 6.72. The maximum absolute atomic E-state index is 11.2. The smallest absolute Gasteiger partial charge is 0.224 e. The van der Waals surface area contributed by atoms with E-state index in [1.165, 1.54) is 12.1 Å². The highest BCUT2D eigenvalue weighted by molar-refractivity contribution is 5.90.